The van der Waals surface area contributed by atoms with Crippen molar-refractivity contribution < 1.29 is 9.66 Å². The first-order chi connectivity index (χ1) is 8.97. The third-order valence-corrected chi connectivity index (χ3v) is 3.18. The van der Waals surface area contributed by atoms with Crippen LogP contribution in [0.15, 0.2) is 6.33 Å². The van der Waals surface area contributed by atoms with Crippen LogP contribution >= 0.6 is 0 Å². The van der Waals surface area contributed by atoms with Crippen LogP contribution in [0.4, 0.5) is 11.5 Å². The number of nitrogens with zero attached hydrogens (tertiary/aromatic N) is 3. The Balaban J connectivity index is 2.98. The maximum atomic E-state index is 11.0. The second-order valence-electron chi connectivity index (χ2n) is 4.26. The summed E-state index contributed by atoms with van der Waals surface area (Å²) in [5.74, 6) is 0.0479. The van der Waals surface area contributed by atoms with Gasteiger partial charge in [-0.25, -0.2) is 4.98 Å². The Hall–Kier alpha value is -1.96. The molecule has 0 saturated heterocycles. The number of hydrogen-bond acceptors (Lipinski definition) is 7. The van der Waals surface area contributed by atoms with Crippen LogP contribution in [0.3, 0.4) is 0 Å². The van der Waals surface area contributed by atoms with Crippen LogP contribution < -0.4 is 15.8 Å². The summed E-state index contributed by atoms with van der Waals surface area (Å²) in [5.41, 5.74) is 5.43. The van der Waals surface area contributed by atoms with E-state index < -0.39 is 10.5 Å². The van der Waals surface area contributed by atoms with Crippen LogP contribution in [-0.2, 0) is 0 Å². The van der Waals surface area contributed by atoms with E-state index >= 15 is 0 Å². The van der Waals surface area contributed by atoms with E-state index in [-0.39, 0.29) is 17.4 Å². The number of hydrogen-bond donors (Lipinski definition) is 2. The van der Waals surface area contributed by atoms with Crippen LogP contribution in [0.5, 0.6) is 5.88 Å². The standard InChI is InChI=1S/C11H19N5O3/c1-4-11(12,5-2)6-13-9-8(16(17)18)10(19-3)15-7-14-9/h7H,4-6,12H2,1-3H3,(H,13,14,15). The lowest BCUT2D eigenvalue weighted by atomic mass is 9.94. The molecule has 0 atom stereocenters. The molecule has 0 radical (unpaired) electrons. The minimum absolute atomic E-state index is 0.0712. The Bertz CT molecular complexity index is 448. The van der Waals surface area contributed by atoms with Gasteiger partial charge in [-0.15, -0.1) is 0 Å². The summed E-state index contributed by atoms with van der Waals surface area (Å²) in [7, 11) is 1.32. The molecule has 19 heavy (non-hydrogen) atoms. The highest BCUT2D eigenvalue weighted by Gasteiger charge is 2.26. The third kappa shape index (κ3) is 3.50. The molecule has 0 spiro atoms. The molecule has 0 aromatic carbocycles. The van der Waals surface area contributed by atoms with E-state index in [0.717, 1.165) is 12.8 Å². The van der Waals surface area contributed by atoms with Crippen LogP contribution in [-0.4, -0.2) is 34.1 Å². The predicted octanol–water partition coefficient (Wildman–Crippen LogP) is 1.32. The highest BCUT2D eigenvalue weighted by atomic mass is 16.6. The Morgan fingerprint density at radius 3 is 2.58 bits per heavy atom. The lowest BCUT2D eigenvalue weighted by Crippen LogP contribution is -2.45. The van der Waals surface area contributed by atoms with Gasteiger partial charge in [0, 0.05) is 12.1 Å². The van der Waals surface area contributed by atoms with Gasteiger partial charge in [0.15, 0.2) is 0 Å². The molecule has 0 unspecified atom stereocenters. The van der Waals surface area contributed by atoms with Gasteiger partial charge in [-0.1, -0.05) is 13.8 Å². The van der Waals surface area contributed by atoms with Crippen LogP contribution in [0, 0.1) is 10.1 Å². The Morgan fingerprint density at radius 1 is 1.47 bits per heavy atom. The normalized spacial score (nSPS) is 11.2. The van der Waals surface area contributed by atoms with Crippen molar-refractivity contribution in [1.29, 1.82) is 0 Å². The van der Waals surface area contributed by atoms with E-state index in [9.17, 15) is 10.1 Å². The maximum Gasteiger partial charge on any atom is 0.372 e. The molecule has 0 fully saturated rings. The number of methoxy groups -OCH3 is 1. The topological polar surface area (TPSA) is 116 Å². The molecule has 1 heterocycles. The molecule has 0 bridgehead atoms. The number of anilines is 1. The van der Waals surface area contributed by atoms with Gasteiger partial charge in [0.1, 0.15) is 6.33 Å². The van der Waals surface area contributed by atoms with Gasteiger partial charge in [0.05, 0.1) is 12.0 Å². The lowest BCUT2D eigenvalue weighted by molar-refractivity contribution is -0.385. The fraction of sp³-hybridized carbons (Fsp3) is 0.636. The molecule has 0 amide bonds. The zero-order valence-corrected chi connectivity index (χ0v) is 11.3. The number of nitro groups is 1. The molecule has 8 nitrogen and oxygen atoms in total. The molecule has 1 rings (SSSR count). The van der Waals surface area contributed by atoms with Gasteiger partial charge in [-0.3, -0.25) is 10.1 Å². The molecular formula is C11H19N5O3. The summed E-state index contributed by atoms with van der Waals surface area (Å²) < 4.78 is 4.87. The van der Waals surface area contributed by atoms with E-state index in [1.807, 2.05) is 13.8 Å². The van der Waals surface area contributed by atoms with Gasteiger partial charge in [-0.05, 0) is 12.8 Å². The Kier molecular flexibility index (Phi) is 4.99. The number of nitrogens with one attached hydrogen (secondary N) is 1. The minimum Gasteiger partial charge on any atom is -0.476 e. The van der Waals surface area contributed by atoms with Crippen molar-refractivity contribution in [3.05, 3.63) is 16.4 Å². The molecule has 0 saturated carbocycles. The number of rotatable bonds is 7. The zero-order chi connectivity index (χ0) is 14.5. The van der Waals surface area contributed by atoms with E-state index in [4.69, 9.17) is 10.5 Å². The highest BCUT2D eigenvalue weighted by Crippen LogP contribution is 2.30. The average molecular weight is 269 g/mol. The van der Waals surface area contributed by atoms with Crippen molar-refractivity contribution in [2.45, 2.75) is 32.2 Å². The molecule has 1 aromatic heterocycles. The van der Waals surface area contributed by atoms with Crippen molar-refractivity contribution in [1.82, 2.24) is 9.97 Å². The monoisotopic (exact) mass is 269 g/mol. The SMILES string of the molecule is CCC(N)(CC)CNc1ncnc(OC)c1[N+](=O)[O-]. The van der Waals surface area contributed by atoms with Crippen molar-refractivity contribution in [3.63, 3.8) is 0 Å². The molecule has 106 valence electrons. The number of nitrogens with two attached hydrogens (primary N) is 1. The summed E-state index contributed by atoms with van der Waals surface area (Å²) >= 11 is 0. The van der Waals surface area contributed by atoms with Crippen molar-refractivity contribution >= 4 is 11.5 Å². The largest absolute Gasteiger partial charge is 0.476 e. The van der Waals surface area contributed by atoms with E-state index in [2.05, 4.69) is 15.3 Å². The Labute approximate surface area is 111 Å². The zero-order valence-electron chi connectivity index (χ0n) is 11.3. The molecule has 3 N–H and O–H groups in total. The Morgan fingerprint density at radius 2 is 2.11 bits per heavy atom. The summed E-state index contributed by atoms with van der Waals surface area (Å²) in [4.78, 5) is 18.1. The average Bonchev–Trinajstić information content (AvgIpc) is 2.43. The summed E-state index contributed by atoms with van der Waals surface area (Å²) in [6, 6.07) is 0. The third-order valence-electron chi connectivity index (χ3n) is 3.18. The first-order valence-corrected chi connectivity index (χ1v) is 6.03. The maximum absolute atomic E-state index is 11.0. The molecule has 8 heteroatoms. The van der Waals surface area contributed by atoms with Crippen molar-refractivity contribution in [3.8, 4) is 5.88 Å². The first-order valence-electron chi connectivity index (χ1n) is 6.03. The van der Waals surface area contributed by atoms with Gasteiger partial charge in [0.2, 0.25) is 5.82 Å². The molecule has 1 aromatic rings. The molecule has 0 aliphatic heterocycles. The fourth-order valence-corrected chi connectivity index (χ4v) is 1.57. The van der Waals surface area contributed by atoms with Gasteiger partial charge in [-0.2, -0.15) is 4.98 Å². The van der Waals surface area contributed by atoms with Crippen LogP contribution in [0.25, 0.3) is 0 Å². The fourth-order valence-electron chi connectivity index (χ4n) is 1.57. The van der Waals surface area contributed by atoms with Crippen molar-refractivity contribution in [2.75, 3.05) is 19.0 Å². The smallest absolute Gasteiger partial charge is 0.372 e. The van der Waals surface area contributed by atoms with Gasteiger partial charge >= 0.3 is 5.69 Å². The number of ether oxygens (including phenoxy) is 1. The van der Waals surface area contributed by atoms with Gasteiger partial charge in [0.25, 0.3) is 5.88 Å². The molecule has 0 aliphatic carbocycles. The lowest BCUT2D eigenvalue weighted by Gasteiger charge is -2.26. The van der Waals surface area contributed by atoms with Crippen LogP contribution in [0.1, 0.15) is 26.7 Å². The predicted molar refractivity (Wildman–Crippen MR) is 71.2 cm³/mol. The van der Waals surface area contributed by atoms with E-state index in [1.165, 1.54) is 13.4 Å². The molecular weight excluding hydrogens is 250 g/mol. The second kappa shape index (κ2) is 6.28. The second-order valence-corrected chi connectivity index (χ2v) is 4.26. The quantitative estimate of drug-likeness (QED) is 0.566. The summed E-state index contributed by atoms with van der Waals surface area (Å²) in [5, 5.41) is 14.0. The first kappa shape index (κ1) is 15.1. The van der Waals surface area contributed by atoms with Gasteiger partial charge < -0.3 is 15.8 Å². The summed E-state index contributed by atoms with van der Waals surface area (Å²) in [6.45, 7) is 4.33. The minimum atomic E-state index is -0.572. The van der Waals surface area contributed by atoms with E-state index in [1.54, 1.807) is 0 Å². The van der Waals surface area contributed by atoms with Crippen molar-refractivity contribution in [2.24, 2.45) is 5.73 Å². The van der Waals surface area contributed by atoms with E-state index in [0.29, 0.717) is 6.54 Å². The number of aromatic nitrogens is 2. The highest BCUT2D eigenvalue weighted by molar-refractivity contribution is 5.61. The molecule has 0 aliphatic rings. The van der Waals surface area contributed by atoms with Crippen LogP contribution in [0.2, 0.25) is 0 Å². The summed E-state index contributed by atoms with van der Waals surface area (Å²) in [6.07, 6.45) is 2.73.